The van der Waals surface area contributed by atoms with Crippen molar-refractivity contribution in [2.24, 2.45) is 0 Å². The van der Waals surface area contributed by atoms with Gasteiger partial charge in [0, 0.05) is 13.1 Å². The summed E-state index contributed by atoms with van der Waals surface area (Å²) in [4.78, 5) is 42.3. The van der Waals surface area contributed by atoms with Crippen molar-refractivity contribution in [1.82, 2.24) is 18.7 Å². The number of aromatic nitrogens is 4. The molecule has 0 aliphatic heterocycles. The number of methoxy groups -OCH3 is 1. The molecule has 0 unspecified atom stereocenters. The third-order valence-electron chi connectivity index (χ3n) is 5.30. The topological polar surface area (TPSA) is 88.1 Å². The van der Waals surface area contributed by atoms with Crippen molar-refractivity contribution in [2.45, 2.75) is 26.9 Å². The van der Waals surface area contributed by atoms with Crippen LogP contribution in [0, 0.1) is 6.92 Å². The lowest BCUT2D eigenvalue weighted by Crippen LogP contribution is -2.39. The first kappa shape index (κ1) is 20.3. The fourth-order valence-electron chi connectivity index (χ4n) is 3.67. The molecule has 0 radical (unpaired) electrons. The molecular weight excluding hydrogens is 396 g/mol. The third-order valence-corrected chi connectivity index (χ3v) is 5.30. The van der Waals surface area contributed by atoms with Gasteiger partial charge in [-0.2, -0.15) is 0 Å². The summed E-state index contributed by atoms with van der Waals surface area (Å²) in [5.41, 5.74) is 2.79. The number of carbonyl (C=O) groups is 1. The number of hydrogen-bond acceptors (Lipinski definition) is 5. The summed E-state index contributed by atoms with van der Waals surface area (Å²) in [6, 6.07) is 14.4. The number of imidazole rings is 1. The summed E-state index contributed by atoms with van der Waals surface area (Å²) in [5, 5.41) is 0. The van der Waals surface area contributed by atoms with Crippen molar-refractivity contribution >= 4 is 17.1 Å². The van der Waals surface area contributed by atoms with Gasteiger partial charge in [0.05, 0.1) is 24.7 Å². The van der Waals surface area contributed by atoms with Crippen LogP contribution in [0.3, 0.4) is 0 Å². The Bertz CT molecular complexity index is 1390. The fraction of sp³-hybridized carbons (Fsp3) is 0.217. The van der Waals surface area contributed by atoms with Gasteiger partial charge in [-0.1, -0.05) is 30.3 Å². The lowest BCUT2D eigenvalue weighted by Gasteiger charge is -2.13. The second kappa shape index (κ2) is 8.06. The van der Waals surface area contributed by atoms with Crippen molar-refractivity contribution in [3.8, 4) is 5.69 Å². The molecular formula is C23H22N4O4. The molecule has 31 heavy (non-hydrogen) atoms. The van der Waals surface area contributed by atoms with Crippen molar-refractivity contribution in [1.29, 1.82) is 0 Å². The van der Waals surface area contributed by atoms with E-state index in [1.807, 2.05) is 31.2 Å². The van der Waals surface area contributed by atoms with E-state index in [1.165, 1.54) is 16.2 Å². The quantitative estimate of drug-likeness (QED) is 0.465. The van der Waals surface area contributed by atoms with Crippen LogP contribution in [0.1, 0.15) is 28.4 Å². The average molecular weight is 418 g/mol. The van der Waals surface area contributed by atoms with Gasteiger partial charge in [-0.05, 0) is 43.2 Å². The van der Waals surface area contributed by atoms with Gasteiger partial charge in [0.2, 0.25) is 0 Å². The summed E-state index contributed by atoms with van der Waals surface area (Å²) in [5.74, 6) is -0.410. The van der Waals surface area contributed by atoms with Gasteiger partial charge in [0.25, 0.3) is 5.56 Å². The number of para-hydroxylation sites is 1. The van der Waals surface area contributed by atoms with Crippen molar-refractivity contribution in [3.05, 3.63) is 92.4 Å². The first-order valence-corrected chi connectivity index (χ1v) is 9.90. The number of aryl methyl sites for hydroxylation is 1. The van der Waals surface area contributed by atoms with Crippen LogP contribution >= 0.6 is 0 Å². The zero-order chi connectivity index (χ0) is 22.1. The van der Waals surface area contributed by atoms with E-state index in [9.17, 15) is 14.4 Å². The van der Waals surface area contributed by atoms with Crippen molar-refractivity contribution in [3.63, 3.8) is 0 Å². The van der Waals surface area contributed by atoms with E-state index < -0.39 is 11.7 Å². The van der Waals surface area contributed by atoms with Crippen LogP contribution in [0.4, 0.5) is 0 Å². The van der Waals surface area contributed by atoms with Crippen LogP contribution in [0.25, 0.3) is 16.9 Å². The molecule has 0 amide bonds. The maximum absolute atomic E-state index is 13.1. The van der Waals surface area contributed by atoms with E-state index >= 15 is 0 Å². The van der Waals surface area contributed by atoms with Crippen LogP contribution in [-0.4, -0.2) is 31.8 Å². The van der Waals surface area contributed by atoms with E-state index in [0.29, 0.717) is 29.0 Å². The molecule has 2 aromatic heterocycles. The molecule has 0 aliphatic carbocycles. The van der Waals surface area contributed by atoms with Crippen LogP contribution in [-0.2, 0) is 17.8 Å². The monoisotopic (exact) mass is 418 g/mol. The Morgan fingerprint density at radius 1 is 1.06 bits per heavy atom. The molecule has 8 heteroatoms. The average Bonchev–Trinajstić information content (AvgIpc) is 3.19. The normalized spacial score (nSPS) is 11.1. The highest BCUT2D eigenvalue weighted by Gasteiger charge is 2.19. The Morgan fingerprint density at radius 3 is 2.42 bits per heavy atom. The second-order valence-corrected chi connectivity index (χ2v) is 7.19. The van der Waals surface area contributed by atoms with Gasteiger partial charge in [-0.3, -0.25) is 9.36 Å². The van der Waals surface area contributed by atoms with Crippen LogP contribution in [0.2, 0.25) is 0 Å². The van der Waals surface area contributed by atoms with E-state index in [-0.39, 0.29) is 12.1 Å². The highest BCUT2D eigenvalue weighted by Crippen LogP contribution is 2.17. The number of fused-ring (bicyclic) bond motifs is 1. The fourth-order valence-corrected chi connectivity index (χ4v) is 3.67. The molecule has 8 nitrogen and oxygen atoms in total. The highest BCUT2D eigenvalue weighted by molar-refractivity contribution is 5.89. The van der Waals surface area contributed by atoms with Gasteiger partial charge < -0.3 is 9.30 Å². The molecule has 0 saturated heterocycles. The standard InChI is InChI=1S/C23H22N4O4/c1-4-26-21(28)19-20(27(23(26)30)18-8-6-5-7-15(18)2)24-14-25(19)13-16-9-11-17(12-10-16)22(29)31-3/h5-12,14H,4,13H2,1-3H3. The maximum Gasteiger partial charge on any atom is 0.337 e. The number of carbonyl (C=O) groups excluding carboxylic acids is 1. The Morgan fingerprint density at radius 2 is 1.77 bits per heavy atom. The molecule has 0 fully saturated rings. The SMILES string of the molecule is CCn1c(=O)c2c(ncn2Cc2ccc(C(=O)OC)cc2)n(-c2ccccc2C)c1=O. The summed E-state index contributed by atoms with van der Waals surface area (Å²) in [7, 11) is 1.33. The van der Waals surface area contributed by atoms with Crippen molar-refractivity contribution < 1.29 is 9.53 Å². The molecule has 0 saturated carbocycles. The molecule has 0 N–H and O–H groups in total. The van der Waals surface area contributed by atoms with Gasteiger partial charge in [0.15, 0.2) is 11.2 Å². The molecule has 0 spiro atoms. The van der Waals surface area contributed by atoms with E-state index in [4.69, 9.17) is 4.74 Å². The van der Waals surface area contributed by atoms with Crippen LogP contribution in [0.15, 0.2) is 64.4 Å². The first-order chi connectivity index (χ1) is 15.0. The summed E-state index contributed by atoms with van der Waals surface area (Å²) < 4.78 is 9.16. The van der Waals surface area contributed by atoms with Gasteiger partial charge >= 0.3 is 11.7 Å². The Kier molecular flexibility index (Phi) is 5.29. The lowest BCUT2D eigenvalue weighted by molar-refractivity contribution is 0.0600. The zero-order valence-electron chi connectivity index (χ0n) is 17.5. The minimum Gasteiger partial charge on any atom is -0.465 e. The zero-order valence-corrected chi connectivity index (χ0v) is 17.5. The highest BCUT2D eigenvalue weighted by atomic mass is 16.5. The smallest absolute Gasteiger partial charge is 0.337 e. The van der Waals surface area contributed by atoms with Gasteiger partial charge in [-0.25, -0.2) is 19.1 Å². The number of esters is 1. The minimum atomic E-state index is -0.415. The van der Waals surface area contributed by atoms with Crippen LogP contribution < -0.4 is 11.2 Å². The summed E-state index contributed by atoms with van der Waals surface area (Å²) in [6.45, 7) is 4.29. The number of nitrogens with zero attached hydrogens (tertiary/aromatic N) is 4. The number of ether oxygens (including phenoxy) is 1. The molecule has 2 heterocycles. The Balaban J connectivity index is 1.89. The Hall–Kier alpha value is -3.94. The number of hydrogen-bond donors (Lipinski definition) is 0. The lowest BCUT2D eigenvalue weighted by atomic mass is 10.1. The van der Waals surface area contributed by atoms with Gasteiger partial charge in [-0.15, -0.1) is 0 Å². The van der Waals surface area contributed by atoms with E-state index in [0.717, 1.165) is 11.1 Å². The Labute approximate surface area is 178 Å². The van der Waals surface area contributed by atoms with Gasteiger partial charge in [0.1, 0.15) is 0 Å². The molecule has 0 atom stereocenters. The predicted octanol–water partition coefficient (Wildman–Crippen LogP) is 2.51. The number of benzene rings is 2. The molecule has 4 aromatic rings. The molecule has 158 valence electrons. The molecule has 2 aromatic carbocycles. The van der Waals surface area contributed by atoms with Crippen molar-refractivity contribution in [2.75, 3.05) is 7.11 Å². The second-order valence-electron chi connectivity index (χ2n) is 7.19. The maximum atomic E-state index is 13.1. The molecule has 4 rings (SSSR count). The summed E-state index contributed by atoms with van der Waals surface area (Å²) >= 11 is 0. The third kappa shape index (κ3) is 3.46. The minimum absolute atomic E-state index is 0.249. The molecule has 0 aliphatic rings. The van der Waals surface area contributed by atoms with E-state index in [2.05, 4.69) is 4.98 Å². The largest absolute Gasteiger partial charge is 0.465 e. The van der Waals surface area contributed by atoms with Crippen LogP contribution in [0.5, 0.6) is 0 Å². The first-order valence-electron chi connectivity index (χ1n) is 9.90. The number of rotatable bonds is 5. The van der Waals surface area contributed by atoms with E-state index in [1.54, 1.807) is 42.1 Å². The predicted molar refractivity (Wildman–Crippen MR) is 117 cm³/mol. The molecule has 0 bridgehead atoms. The summed E-state index contributed by atoms with van der Waals surface area (Å²) in [6.07, 6.45) is 1.56.